The molecule has 4 unspecified atom stereocenters. The summed E-state index contributed by atoms with van der Waals surface area (Å²) >= 11 is 2.05. The van der Waals surface area contributed by atoms with Crippen LogP contribution >= 0.6 is 11.8 Å². The lowest BCUT2D eigenvalue weighted by atomic mass is 9.79. The Hall–Kier alpha value is -0.260. The summed E-state index contributed by atoms with van der Waals surface area (Å²) < 4.78 is 5.40. The van der Waals surface area contributed by atoms with Gasteiger partial charge in [0, 0.05) is 0 Å². The second-order valence-electron chi connectivity index (χ2n) is 6.70. The Bertz CT molecular complexity index is 337. The van der Waals surface area contributed by atoms with Crippen LogP contribution in [0.15, 0.2) is 0 Å². The van der Waals surface area contributed by atoms with E-state index in [0.717, 1.165) is 49.9 Å². The second kappa shape index (κ2) is 6.67. The van der Waals surface area contributed by atoms with Crippen LogP contribution in [-0.4, -0.2) is 55.9 Å². The van der Waals surface area contributed by atoms with Gasteiger partial charge in [0.1, 0.15) is 32.2 Å². The van der Waals surface area contributed by atoms with Gasteiger partial charge in [-0.2, -0.15) is 0 Å². The minimum Gasteiger partial charge on any atom is -0.370 e. The highest BCUT2D eigenvalue weighted by Crippen LogP contribution is 2.38. The maximum absolute atomic E-state index is 5.40. The minimum absolute atomic E-state index is 0.699. The van der Waals surface area contributed by atoms with E-state index < -0.39 is 0 Å². The minimum atomic E-state index is 0.699. The van der Waals surface area contributed by atoms with E-state index in [1.54, 1.807) is 4.90 Å². The van der Waals surface area contributed by atoms with Crippen LogP contribution in [0.4, 0.5) is 0 Å². The highest BCUT2D eigenvalue weighted by molar-refractivity contribution is 8.14. The van der Waals surface area contributed by atoms with E-state index in [1.165, 1.54) is 24.6 Å². The fourth-order valence-corrected chi connectivity index (χ4v) is 4.99. The van der Waals surface area contributed by atoms with Gasteiger partial charge in [-0.1, -0.05) is 13.8 Å². The molecule has 3 rings (SSSR count). The van der Waals surface area contributed by atoms with Crippen LogP contribution in [0.3, 0.4) is 0 Å². The molecular formula is C15H29N3OS+2. The summed E-state index contributed by atoms with van der Waals surface area (Å²) in [6.45, 7) is 11.3. The van der Waals surface area contributed by atoms with Crippen LogP contribution in [0.1, 0.15) is 26.7 Å². The molecule has 0 radical (unpaired) electrons. The summed E-state index contributed by atoms with van der Waals surface area (Å²) in [5.74, 6) is 1.74. The molecule has 0 amide bonds. The van der Waals surface area contributed by atoms with Crippen molar-refractivity contribution >= 4 is 16.9 Å². The van der Waals surface area contributed by atoms with Gasteiger partial charge in [-0.3, -0.25) is 10.3 Å². The Kier molecular flexibility index (Phi) is 4.89. The Morgan fingerprint density at radius 2 is 2.00 bits per heavy atom. The predicted octanol–water partition coefficient (Wildman–Crippen LogP) is -1.52. The van der Waals surface area contributed by atoms with E-state index in [-0.39, 0.29) is 0 Å². The van der Waals surface area contributed by atoms with Gasteiger partial charge in [0.15, 0.2) is 0 Å². The van der Waals surface area contributed by atoms with Gasteiger partial charge in [-0.15, -0.1) is 0 Å². The number of hydrogen-bond acceptors (Lipinski definition) is 2. The van der Waals surface area contributed by atoms with Gasteiger partial charge in [0.05, 0.1) is 18.5 Å². The van der Waals surface area contributed by atoms with E-state index in [9.17, 15) is 0 Å². The molecule has 5 heteroatoms. The highest BCUT2D eigenvalue weighted by atomic mass is 32.2. The highest BCUT2D eigenvalue weighted by Gasteiger charge is 2.43. The number of rotatable bonds is 3. The summed E-state index contributed by atoms with van der Waals surface area (Å²) in [5, 5.41) is 5.84. The third-order valence-corrected chi connectivity index (χ3v) is 6.52. The van der Waals surface area contributed by atoms with Gasteiger partial charge < -0.3 is 9.64 Å². The average Bonchev–Trinajstić information content (AvgIpc) is 2.82. The fraction of sp³-hybridized carbons (Fsp3) is 0.933. The number of ether oxygens (including phenoxy) is 1. The number of quaternary nitrogens is 1. The molecule has 0 aromatic carbocycles. The lowest BCUT2D eigenvalue weighted by Gasteiger charge is -2.31. The molecule has 0 aromatic heterocycles. The third-order valence-electron chi connectivity index (χ3n) is 5.20. The first-order valence-electron chi connectivity index (χ1n) is 8.17. The lowest BCUT2D eigenvalue weighted by Crippen LogP contribution is -3.15. The summed E-state index contributed by atoms with van der Waals surface area (Å²) in [6.07, 6.45) is 2.70. The molecule has 3 fully saturated rings. The summed E-state index contributed by atoms with van der Waals surface area (Å²) in [5.41, 5.74) is 0. The van der Waals surface area contributed by atoms with E-state index in [2.05, 4.69) is 24.2 Å². The molecule has 1 saturated carbocycles. The van der Waals surface area contributed by atoms with Crippen molar-refractivity contribution in [2.45, 2.75) is 38.0 Å². The molecule has 0 aromatic rings. The SMILES string of the molecule is CC1CC2NC(=[NH+]CC[NH+]3CCOCC3)SC2CC1C. The maximum atomic E-state index is 5.40. The standard InChI is InChI=1S/C15H27N3OS/c1-11-9-13-14(10-12(11)2)20-15(17-13)16-3-4-18-5-7-19-8-6-18/h11-14H,3-10H2,1-2H3,(H,16,17)/p+2. The van der Waals surface area contributed by atoms with Crippen molar-refractivity contribution in [2.24, 2.45) is 11.8 Å². The molecule has 4 nitrogen and oxygen atoms in total. The summed E-state index contributed by atoms with van der Waals surface area (Å²) in [4.78, 5) is 5.29. The summed E-state index contributed by atoms with van der Waals surface area (Å²) in [7, 11) is 0. The van der Waals surface area contributed by atoms with Crippen molar-refractivity contribution in [2.75, 3.05) is 39.4 Å². The van der Waals surface area contributed by atoms with E-state index in [4.69, 9.17) is 4.74 Å². The molecule has 2 aliphatic heterocycles. The Labute approximate surface area is 126 Å². The Morgan fingerprint density at radius 3 is 2.80 bits per heavy atom. The molecule has 4 atom stereocenters. The lowest BCUT2D eigenvalue weighted by molar-refractivity contribution is -0.914. The number of nitrogens with one attached hydrogen (secondary N) is 3. The first-order valence-corrected chi connectivity index (χ1v) is 9.05. The van der Waals surface area contributed by atoms with Crippen LogP contribution in [0.2, 0.25) is 0 Å². The van der Waals surface area contributed by atoms with E-state index >= 15 is 0 Å². The third kappa shape index (κ3) is 3.49. The predicted molar refractivity (Wildman–Crippen MR) is 83.1 cm³/mol. The Balaban J connectivity index is 1.45. The van der Waals surface area contributed by atoms with Gasteiger partial charge in [-0.25, -0.2) is 0 Å². The molecule has 0 spiro atoms. The second-order valence-corrected chi connectivity index (χ2v) is 7.95. The van der Waals surface area contributed by atoms with E-state index in [1.807, 2.05) is 11.8 Å². The fourth-order valence-electron chi connectivity index (χ4n) is 3.54. The normalized spacial score (nSPS) is 40.6. The van der Waals surface area contributed by atoms with Crippen molar-refractivity contribution in [3.8, 4) is 0 Å². The zero-order chi connectivity index (χ0) is 13.9. The van der Waals surface area contributed by atoms with Crippen molar-refractivity contribution < 1.29 is 14.6 Å². The molecule has 114 valence electrons. The van der Waals surface area contributed by atoms with Crippen molar-refractivity contribution in [3.05, 3.63) is 0 Å². The molecule has 0 bridgehead atoms. The van der Waals surface area contributed by atoms with Crippen LogP contribution in [-0.2, 0) is 4.74 Å². The largest absolute Gasteiger partial charge is 0.370 e. The molecular weight excluding hydrogens is 270 g/mol. The Morgan fingerprint density at radius 1 is 1.25 bits per heavy atom. The van der Waals surface area contributed by atoms with Crippen molar-refractivity contribution in [3.63, 3.8) is 0 Å². The number of fused-ring (bicyclic) bond motifs is 1. The van der Waals surface area contributed by atoms with Gasteiger partial charge in [0.25, 0.3) is 0 Å². The maximum Gasteiger partial charge on any atom is 0.304 e. The molecule has 2 heterocycles. The van der Waals surface area contributed by atoms with E-state index in [0.29, 0.717) is 6.04 Å². The zero-order valence-corrected chi connectivity index (χ0v) is 13.6. The van der Waals surface area contributed by atoms with Gasteiger partial charge >= 0.3 is 5.17 Å². The first-order chi connectivity index (χ1) is 9.72. The number of amidine groups is 1. The topological polar surface area (TPSA) is 39.7 Å². The van der Waals surface area contributed by atoms with Gasteiger partial charge in [0.2, 0.25) is 0 Å². The average molecular weight is 299 g/mol. The van der Waals surface area contributed by atoms with Gasteiger partial charge in [-0.05, 0) is 36.4 Å². The molecule has 20 heavy (non-hydrogen) atoms. The number of thioether (sulfide) groups is 1. The number of hydrogen-bond donors (Lipinski definition) is 3. The van der Waals surface area contributed by atoms with Crippen molar-refractivity contribution in [1.82, 2.24) is 5.32 Å². The molecule has 3 N–H and O–H groups in total. The molecule has 3 aliphatic rings. The van der Waals surface area contributed by atoms with Crippen LogP contribution in [0, 0.1) is 11.8 Å². The van der Waals surface area contributed by atoms with Crippen LogP contribution in [0.5, 0.6) is 0 Å². The number of morpholine rings is 1. The zero-order valence-electron chi connectivity index (χ0n) is 12.8. The van der Waals surface area contributed by atoms with Crippen LogP contribution in [0.25, 0.3) is 0 Å². The van der Waals surface area contributed by atoms with Crippen molar-refractivity contribution in [1.29, 1.82) is 0 Å². The monoisotopic (exact) mass is 299 g/mol. The molecule has 2 saturated heterocycles. The quantitative estimate of drug-likeness (QED) is 0.593. The molecule has 1 aliphatic carbocycles. The summed E-state index contributed by atoms with van der Waals surface area (Å²) in [6, 6.07) is 0.699. The first kappa shape index (κ1) is 14.7. The smallest absolute Gasteiger partial charge is 0.304 e. The van der Waals surface area contributed by atoms with Crippen LogP contribution < -0.4 is 15.2 Å².